The lowest BCUT2D eigenvalue weighted by atomic mass is 10.1. The fourth-order valence-electron chi connectivity index (χ4n) is 2.73. The third-order valence-electron chi connectivity index (χ3n) is 3.98. The molecular weight excluding hydrogens is 318 g/mol. The largest absolute Gasteiger partial charge is 0.355 e. The number of rotatable bonds is 4. The number of hydrogen-bond donors (Lipinski definition) is 2. The van der Waals surface area contributed by atoms with Crippen LogP contribution in [0.3, 0.4) is 0 Å². The average molecular weight is 335 g/mol. The van der Waals surface area contributed by atoms with Gasteiger partial charge in [-0.2, -0.15) is 0 Å². The number of benzene rings is 2. The highest BCUT2D eigenvalue weighted by molar-refractivity contribution is 6.11. The van der Waals surface area contributed by atoms with Crippen molar-refractivity contribution in [3.05, 3.63) is 71.8 Å². The molecule has 3 amide bonds. The van der Waals surface area contributed by atoms with Gasteiger partial charge >= 0.3 is 0 Å². The van der Waals surface area contributed by atoms with Gasteiger partial charge in [0.15, 0.2) is 0 Å². The normalized spacial score (nSPS) is 12.8. The number of carbonyl (C=O) groups is 3. The molecule has 3 rings (SSSR count). The number of nitrogens with one attached hydrogen (secondary N) is 2. The number of nitrogens with zero attached hydrogens (tertiary/aromatic N) is 1. The lowest BCUT2D eigenvalue weighted by Crippen LogP contribution is -2.32. The van der Waals surface area contributed by atoms with E-state index in [0.29, 0.717) is 22.5 Å². The summed E-state index contributed by atoms with van der Waals surface area (Å²) >= 11 is 0. The molecule has 0 bridgehead atoms. The van der Waals surface area contributed by atoms with Gasteiger partial charge in [-0.15, -0.1) is 0 Å². The second-order valence-corrected chi connectivity index (χ2v) is 5.59. The van der Waals surface area contributed by atoms with E-state index < -0.39 is 0 Å². The molecule has 6 nitrogen and oxygen atoms in total. The van der Waals surface area contributed by atoms with Gasteiger partial charge in [-0.3, -0.25) is 19.3 Å². The van der Waals surface area contributed by atoms with E-state index >= 15 is 0 Å². The molecule has 2 aromatic carbocycles. The topological polar surface area (TPSA) is 78.5 Å². The van der Waals surface area contributed by atoms with Gasteiger partial charge in [0.2, 0.25) is 5.91 Å². The van der Waals surface area contributed by atoms with Gasteiger partial charge in [0.1, 0.15) is 6.54 Å². The van der Waals surface area contributed by atoms with E-state index in [0.717, 1.165) is 5.56 Å². The van der Waals surface area contributed by atoms with Crippen molar-refractivity contribution in [1.82, 2.24) is 10.2 Å². The number of carbonyl (C=O) groups excluding carboxylic acids is 3. The molecule has 0 radical (unpaired) electrons. The minimum atomic E-state index is -0.364. The molecule has 0 aromatic heterocycles. The molecule has 0 unspecified atom stereocenters. The number of amides is 3. The highest BCUT2D eigenvalue weighted by Crippen LogP contribution is 2.30. The molecule has 1 heterocycles. The van der Waals surface area contributed by atoms with Crippen LogP contribution in [-0.4, -0.2) is 36.2 Å². The molecule has 0 atom stereocenters. The van der Waals surface area contributed by atoms with Gasteiger partial charge in [0, 0.05) is 35.1 Å². The first-order chi connectivity index (χ1) is 12.0. The number of fused-ring (bicyclic) bond motifs is 1. The van der Waals surface area contributed by atoms with Gasteiger partial charge in [-0.1, -0.05) is 30.8 Å². The molecule has 0 spiro atoms. The number of hydrogen-bond acceptors (Lipinski definition) is 3. The Morgan fingerprint density at radius 1 is 1.08 bits per heavy atom. The monoisotopic (exact) mass is 335 g/mol. The molecule has 1 aliphatic heterocycles. The molecule has 0 fully saturated rings. The maximum absolute atomic E-state index is 12.4. The Bertz CT molecular complexity index is 854. The van der Waals surface area contributed by atoms with Crippen molar-refractivity contribution < 1.29 is 14.4 Å². The zero-order chi connectivity index (χ0) is 18.0. The first kappa shape index (κ1) is 16.4. The van der Waals surface area contributed by atoms with Crippen molar-refractivity contribution in [3.8, 4) is 0 Å². The van der Waals surface area contributed by atoms with Gasteiger partial charge < -0.3 is 10.6 Å². The lowest BCUT2D eigenvalue weighted by Gasteiger charge is -2.17. The van der Waals surface area contributed by atoms with Crippen LogP contribution in [0.25, 0.3) is 5.70 Å². The SMILES string of the molecule is C=C1c2ccccc2C(=O)N1CC(=O)Nc1cccc(C(=O)NC)c1. The van der Waals surface area contributed by atoms with Gasteiger partial charge in [-0.25, -0.2) is 0 Å². The third kappa shape index (κ3) is 3.14. The first-order valence-electron chi connectivity index (χ1n) is 7.73. The summed E-state index contributed by atoms with van der Waals surface area (Å²) in [7, 11) is 1.54. The van der Waals surface area contributed by atoms with E-state index in [9.17, 15) is 14.4 Å². The smallest absolute Gasteiger partial charge is 0.259 e. The highest BCUT2D eigenvalue weighted by Gasteiger charge is 2.31. The van der Waals surface area contributed by atoms with Crippen LogP contribution >= 0.6 is 0 Å². The van der Waals surface area contributed by atoms with Crippen molar-refractivity contribution in [2.24, 2.45) is 0 Å². The zero-order valence-electron chi connectivity index (χ0n) is 13.7. The molecule has 0 aliphatic carbocycles. The van der Waals surface area contributed by atoms with E-state index in [-0.39, 0.29) is 24.3 Å². The first-order valence-corrected chi connectivity index (χ1v) is 7.73. The van der Waals surface area contributed by atoms with Crippen molar-refractivity contribution in [3.63, 3.8) is 0 Å². The van der Waals surface area contributed by atoms with Crippen LogP contribution in [0, 0.1) is 0 Å². The molecule has 2 N–H and O–H groups in total. The molecule has 25 heavy (non-hydrogen) atoms. The molecule has 0 saturated carbocycles. The van der Waals surface area contributed by atoms with Gasteiger partial charge in [0.05, 0.1) is 0 Å². The maximum Gasteiger partial charge on any atom is 0.259 e. The third-order valence-corrected chi connectivity index (χ3v) is 3.98. The summed E-state index contributed by atoms with van der Waals surface area (Å²) in [6, 6.07) is 13.7. The van der Waals surface area contributed by atoms with E-state index in [2.05, 4.69) is 17.2 Å². The Kier molecular flexibility index (Phi) is 4.35. The zero-order valence-corrected chi connectivity index (χ0v) is 13.7. The Morgan fingerprint density at radius 2 is 1.80 bits per heavy atom. The lowest BCUT2D eigenvalue weighted by molar-refractivity contribution is -0.116. The Morgan fingerprint density at radius 3 is 2.48 bits per heavy atom. The summed E-state index contributed by atoms with van der Waals surface area (Å²) in [4.78, 5) is 37.7. The Labute approximate surface area is 145 Å². The maximum atomic E-state index is 12.4. The van der Waals surface area contributed by atoms with E-state index in [1.54, 1.807) is 42.5 Å². The molecule has 1 aliphatic rings. The molecular formula is C19H17N3O3. The standard InChI is InChI=1S/C19H17N3O3/c1-12-15-8-3-4-9-16(15)19(25)22(12)11-17(23)21-14-7-5-6-13(10-14)18(24)20-2/h3-10H,1,11H2,2H3,(H,20,24)(H,21,23). The predicted molar refractivity (Wildman–Crippen MR) is 95.0 cm³/mol. The quantitative estimate of drug-likeness (QED) is 0.898. The summed E-state index contributed by atoms with van der Waals surface area (Å²) in [6.07, 6.45) is 0. The second kappa shape index (κ2) is 6.60. The summed E-state index contributed by atoms with van der Waals surface area (Å²) < 4.78 is 0. The van der Waals surface area contributed by atoms with E-state index in [1.165, 1.54) is 11.9 Å². The molecule has 6 heteroatoms. The second-order valence-electron chi connectivity index (χ2n) is 5.59. The minimum Gasteiger partial charge on any atom is -0.355 e. The van der Waals surface area contributed by atoms with Crippen molar-refractivity contribution in [2.75, 3.05) is 18.9 Å². The Balaban J connectivity index is 1.71. The van der Waals surface area contributed by atoms with Gasteiger partial charge in [0.25, 0.3) is 11.8 Å². The van der Waals surface area contributed by atoms with Gasteiger partial charge in [-0.05, 0) is 24.3 Å². The van der Waals surface area contributed by atoms with Crippen LogP contribution in [0.2, 0.25) is 0 Å². The average Bonchev–Trinajstić information content (AvgIpc) is 2.86. The molecule has 0 saturated heterocycles. The minimum absolute atomic E-state index is 0.142. The fraction of sp³-hybridized carbons (Fsp3) is 0.105. The van der Waals surface area contributed by atoms with Crippen LogP contribution in [0.15, 0.2) is 55.1 Å². The van der Waals surface area contributed by atoms with Crippen LogP contribution in [0.1, 0.15) is 26.3 Å². The van der Waals surface area contributed by atoms with Crippen molar-refractivity contribution in [2.45, 2.75) is 0 Å². The number of anilines is 1. The summed E-state index contributed by atoms with van der Waals surface area (Å²) in [6.45, 7) is 3.77. The van der Waals surface area contributed by atoms with Crippen LogP contribution < -0.4 is 10.6 Å². The fourth-order valence-corrected chi connectivity index (χ4v) is 2.73. The summed E-state index contributed by atoms with van der Waals surface area (Å²) in [5.74, 6) is -0.846. The van der Waals surface area contributed by atoms with E-state index in [1.807, 2.05) is 6.07 Å². The Hall–Kier alpha value is -3.41. The van der Waals surface area contributed by atoms with Crippen LogP contribution in [-0.2, 0) is 4.79 Å². The van der Waals surface area contributed by atoms with Crippen LogP contribution in [0.5, 0.6) is 0 Å². The summed E-state index contributed by atoms with van der Waals surface area (Å²) in [5.41, 5.74) is 2.72. The van der Waals surface area contributed by atoms with Crippen molar-refractivity contribution in [1.29, 1.82) is 0 Å². The molecule has 126 valence electrons. The highest BCUT2D eigenvalue weighted by atomic mass is 16.2. The van der Waals surface area contributed by atoms with Crippen molar-refractivity contribution >= 4 is 29.1 Å². The predicted octanol–water partition coefficient (Wildman–Crippen LogP) is 2.11. The van der Waals surface area contributed by atoms with Crippen LogP contribution in [0.4, 0.5) is 5.69 Å². The molecule has 2 aromatic rings. The van der Waals surface area contributed by atoms with E-state index in [4.69, 9.17) is 0 Å². The summed E-state index contributed by atoms with van der Waals surface area (Å²) in [5, 5.41) is 5.23.